The topological polar surface area (TPSA) is 55.2 Å². The molecule has 106 valence electrons. The highest BCUT2D eigenvalue weighted by molar-refractivity contribution is 7.10. The van der Waals surface area contributed by atoms with Crippen LogP contribution in [0.5, 0.6) is 0 Å². The second kappa shape index (κ2) is 6.00. The number of thiophene rings is 1. The summed E-state index contributed by atoms with van der Waals surface area (Å²) in [6, 6.07) is 7.49. The Morgan fingerprint density at radius 1 is 1.35 bits per heavy atom. The number of nitrogens with zero attached hydrogens (tertiary/aromatic N) is 1. The van der Waals surface area contributed by atoms with Gasteiger partial charge in [0.15, 0.2) is 0 Å². The molecule has 0 amide bonds. The molecule has 0 aliphatic rings. The molecule has 20 heavy (non-hydrogen) atoms. The molecule has 0 aliphatic carbocycles. The van der Waals surface area contributed by atoms with Gasteiger partial charge in [0.2, 0.25) is 0 Å². The summed E-state index contributed by atoms with van der Waals surface area (Å²) in [5, 5.41) is 15.9. The predicted octanol–water partition coefficient (Wildman–Crippen LogP) is 4.60. The van der Waals surface area contributed by atoms with E-state index in [0.29, 0.717) is 5.69 Å². The van der Waals surface area contributed by atoms with Gasteiger partial charge in [-0.25, -0.2) is 4.39 Å². The summed E-state index contributed by atoms with van der Waals surface area (Å²) in [5.41, 5.74) is 0.171. The molecule has 1 aromatic heterocycles. The van der Waals surface area contributed by atoms with Crippen LogP contribution in [0.4, 0.5) is 15.8 Å². The normalized spacial score (nSPS) is 12.4. The van der Waals surface area contributed by atoms with E-state index in [2.05, 4.69) is 5.32 Å². The first-order valence-corrected chi connectivity index (χ1v) is 7.10. The minimum Gasteiger partial charge on any atom is -0.377 e. The first-order chi connectivity index (χ1) is 9.47. The molecule has 1 aromatic carbocycles. The maximum Gasteiger partial charge on any atom is 0.274 e. The fourth-order valence-corrected chi connectivity index (χ4v) is 2.93. The SMILES string of the molecule is CC(C)C(Nc1cc(F)cc([N+](=O)[O-])c1)c1cccs1. The monoisotopic (exact) mass is 294 g/mol. The number of nitro benzene ring substituents is 1. The summed E-state index contributed by atoms with van der Waals surface area (Å²) in [7, 11) is 0. The quantitative estimate of drug-likeness (QED) is 0.647. The highest BCUT2D eigenvalue weighted by Gasteiger charge is 2.18. The van der Waals surface area contributed by atoms with E-state index < -0.39 is 10.7 Å². The van der Waals surface area contributed by atoms with E-state index in [9.17, 15) is 14.5 Å². The lowest BCUT2D eigenvalue weighted by Gasteiger charge is -2.22. The number of halogens is 1. The van der Waals surface area contributed by atoms with Crippen molar-refractivity contribution in [3.05, 3.63) is 56.5 Å². The number of anilines is 1. The van der Waals surface area contributed by atoms with Crippen LogP contribution in [0.2, 0.25) is 0 Å². The third-order valence-electron chi connectivity index (χ3n) is 2.93. The van der Waals surface area contributed by atoms with Gasteiger partial charge in [-0.1, -0.05) is 19.9 Å². The Morgan fingerprint density at radius 2 is 2.10 bits per heavy atom. The smallest absolute Gasteiger partial charge is 0.274 e. The van der Waals surface area contributed by atoms with Gasteiger partial charge in [-0.05, 0) is 23.4 Å². The van der Waals surface area contributed by atoms with Crippen molar-refractivity contribution in [2.45, 2.75) is 19.9 Å². The van der Waals surface area contributed by atoms with Crippen molar-refractivity contribution in [3.63, 3.8) is 0 Å². The van der Waals surface area contributed by atoms with Crippen molar-refractivity contribution in [1.29, 1.82) is 0 Å². The maximum atomic E-state index is 13.4. The Bertz CT molecular complexity index is 599. The lowest BCUT2D eigenvalue weighted by atomic mass is 10.0. The van der Waals surface area contributed by atoms with E-state index >= 15 is 0 Å². The zero-order valence-electron chi connectivity index (χ0n) is 11.2. The van der Waals surface area contributed by atoms with Crippen LogP contribution in [0.15, 0.2) is 35.7 Å². The van der Waals surface area contributed by atoms with Gasteiger partial charge in [0.25, 0.3) is 5.69 Å². The highest BCUT2D eigenvalue weighted by atomic mass is 32.1. The molecule has 2 aromatic rings. The molecule has 0 spiro atoms. The summed E-state index contributed by atoms with van der Waals surface area (Å²) >= 11 is 1.60. The molecular weight excluding hydrogens is 279 g/mol. The zero-order valence-corrected chi connectivity index (χ0v) is 12.0. The molecule has 2 rings (SSSR count). The molecule has 0 saturated heterocycles. The van der Waals surface area contributed by atoms with Crippen molar-refractivity contribution in [3.8, 4) is 0 Å². The first kappa shape index (κ1) is 14.5. The molecule has 1 unspecified atom stereocenters. The molecule has 1 atom stereocenters. The maximum absolute atomic E-state index is 13.4. The van der Waals surface area contributed by atoms with Crippen LogP contribution in [0.1, 0.15) is 24.8 Å². The number of nitrogens with one attached hydrogen (secondary N) is 1. The lowest BCUT2D eigenvalue weighted by molar-refractivity contribution is -0.385. The number of nitro groups is 1. The van der Waals surface area contributed by atoms with Crippen LogP contribution >= 0.6 is 11.3 Å². The molecular formula is C14H15FN2O2S. The van der Waals surface area contributed by atoms with E-state index in [-0.39, 0.29) is 17.6 Å². The minimum atomic E-state index is -0.615. The molecule has 4 nitrogen and oxygen atoms in total. The lowest BCUT2D eigenvalue weighted by Crippen LogP contribution is -2.15. The largest absolute Gasteiger partial charge is 0.377 e. The number of hydrogen-bond acceptors (Lipinski definition) is 4. The molecule has 0 saturated carbocycles. The van der Waals surface area contributed by atoms with Crippen LogP contribution in [0.3, 0.4) is 0 Å². The average molecular weight is 294 g/mol. The Morgan fingerprint density at radius 3 is 2.65 bits per heavy atom. The van der Waals surface area contributed by atoms with Gasteiger partial charge in [-0.15, -0.1) is 11.3 Å². The second-order valence-corrected chi connectivity index (χ2v) is 5.82. The van der Waals surface area contributed by atoms with Gasteiger partial charge in [0.05, 0.1) is 17.0 Å². The van der Waals surface area contributed by atoms with Crippen molar-refractivity contribution < 1.29 is 9.31 Å². The van der Waals surface area contributed by atoms with Crippen molar-refractivity contribution >= 4 is 22.7 Å². The number of benzene rings is 1. The summed E-state index contributed by atoms with van der Waals surface area (Å²) in [6.45, 7) is 4.09. The van der Waals surface area contributed by atoms with Crippen molar-refractivity contribution in [2.24, 2.45) is 5.92 Å². The summed E-state index contributed by atoms with van der Waals surface area (Å²) in [4.78, 5) is 11.3. The Hall–Kier alpha value is -1.95. The highest BCUT2D eigenvalue weighted by Crippen LogP contribution is 2.31. The minimum absolute atomic E-state index is 0.00333. The third kappa shape index (κ3) is 3.33. The van der Waals surface area contributed by atoms with E-state index in [1.807, 2.05) is 31.4 Å². The van der Waals surface area contributed by atoms with Crippen LogP contribution in [-0.4, -0.2) is 4.92 Å². The Labute approximate surface area is 120 Å². The van der Waals surface area contributed by atoms with Crippen molar-refractivity contribution in [2.75, 3.05) is 5.32 Å². The second-order valence-electron chi connectivity index (χ2n) is 4.84. The van der Waals surface area contributed by atoms with Gasteiger partial charge in [-0.2, -0.15) is 0 Å². The Balaban J connectivity index is 2.29. The molecule has 1 N–H and O–H groups in total. The van der Waals surface area contributed by atoms with Crippen LogP contribution in [0.25, 0.3) is 0 Å². The Kier molecular flexibility index (Phi) is 4.34. The van der Waals surface area contributed by atoms with Crippen LogP contribution in [-0.2, 0) is 0 Å². The number of rotatable bonds is 5. The van der Waals surface area contributed by atoms with E-state index in [0.717, 1.165) is 10.9 Å². The van der Waals surface area contributed by atoms with E-state index in [1.165, 1.54) is 12.1 Å². The fourth-order valence-electron chi connectivity index (χ4n) is 1.98. The number of hydrogen-bond donors (Lipinski definition) is 1. The van der Waals surface area contributed by atoms with E-state index in [1.54, 1.807) is 11.3 Å². The average Bonchev–Trinajstić information content (AvgIpc) is 2.88. The number of non-ortho nitro benzene ring substituents is 1. The zero-order chi connectivity index (χ0) is 14.7. The van der Waals surface area contributed by atoms with Gasteiger partial charge < -0.3 is 5.32 Å². The third-order valence-corrected chi connectivity index (χ3v) is 3.89. The van der Waals surface area contributed by atoms with Crippen LogP contribution in [0, 0.1) is 21.8 Å². The van der Waals surface area contributed by atoms with E-state index in [4.69, 9.17) is 0 Å². The summed E-state index contributed by atoms with van der Waals surface area (Å²) in [6.07, 6.45) is 0. The molecule has 0 fully saturated rings. The van der Waals surface area contributed by atoms with Gasteiger partial charge in [-0.3, -0.25) is 10.1 Å². The molecule has 0 bridgehead atoms. The standard InChI is InChI=1S/C14H15FN2O2S/c1-9(2)14(13-4-3-5-20-13)16-11-6-10(15)7-12(8-11)17(18)19/h3-9,14,16H,1-2H3. The predicted molar refractivity (Wildman–Crippen MR) is 78.6 cm³/mol. The van der Waals surface area contributed by atoms with Gasteiger partial charge in [0.1, 0.15) is 5.82 Å². The summed E-state index contributed by atoms with van der Waals surface area (Å²) < 4.78 is 13.4. The van der Waals surface area contributed by atoms with Gasteiger partial charge >= 0.3 is 0 Å². The summed E-state index contributed by atoms with van der Waals surface area (Å²) in [5.74, 6) is -0.341. The molecule has 0 aliphatic heterocycles. The first-order valence-electron chi connectivity index (χ1n) is 6.22. The molecule has 1 heterocycles. The molecule has 6 heteroatoms. The van der Waals surface area contributed by atoms with Crippen molar-refractivity contribution in [1.82, 2.24) is 0 Å². The van der Waals surface area contributed by atoms with Crippen LogP contribution < -0.4 is 5.32 Å². The van der Waals surface area contributed by atoms with Gasteiger partial charge in [0, 0.05) is 16.6 Å². The fraction of sp³-hybridized carbons (Fsp3) is 0.286. The molecule has 0 radical (unpaired) electrons.